The molecule has 2 N–H and O–H groups in total. The summed E-state index contributed by atoms with van der Waals surface area (Å²) in [6.07, 6.45) is 2.36. The molecule has 0 atom stereocenters. The Kier molecular flexibility index (Phi) is 7.03. The monoisotopic (exact) mass is 411 g/mol. The molecule has 5 nitrogen and oxygen atoms in total. The standard InChI is InChI=1S/C21H28F3N3O2/c22-21(23,24)16-7-4-8-18(13-16)25-14-19(28)27-11-9-17(10-12-27)26-20(29)15-5-2-1-3-6-15/h4,7-8,13,15,17,25H,1-3,5-6,9-12,14H2,(H,26,29). The van der Waals surface area contributed by atoms with Crippen molar-refractivity contribution in [2.75, 3.05) is 25.0 Å². The third-order valence-corrected chi connectivity index (χ3v) is 5.80. The first-order chi connectivity index (χ1) is 13.8. The number of rotatable bonds is 5. The van der Waals surface area contributed by atoms with Crippen molar-refractivity contribution < 1.29 is 22.8 Å². The molecule has 8 heteroatoms. The summed E-state index contributed by atoms with van der Waals surface area (Å²) in [4.78, 5) is 26.4. The Morgan fingerprint density at radius 2 is 1.72 bits per heavy atom. The van der Waals surface area contributed by atoms with Gasteiger partial charge in [-0.15, -0.1) is 0 Å². The van der Waals surface area contributed by atoms with E-state index < -0.39 is 11.7 Å². The fourth-order valence-electron chi connectivity index (χ4n) is 4.05. The molecule has 29 heavy (non-hydrogen) atoms. The summed E-state index contributed by atoms with van der Waals surface area (Å²) in [5, 5.41) is 5.91. The minimum atomic E-state index is -4.41. The molecule has 0 aromatic heterocycles. The smallest absolute Gasteiger partial charge is 0.376 e. The largest absolute Gasteiger partial charge is 0.416 e. The predicted octanol–water partition coefficient (Wildman–Crippen LogP) is 3.80. The number of carbonyl (C=O) groups is 2. The molecular weight excluding hydrogens is 383 g/mol. The lowest BCUT2D eigenvalue weighted by Gasteiger charge is -2.33. The Bertz CT molecular complexity index is 709. The van der Waals surface area contributed by atoms with Crippen LogP contribution in [0, 0.1) is 5.92 Å². The zero-order valence-electron chi connectivity index (χ0n) is 16.4. The highest BCUT2D eigenvalue weighted by Crippen LogP contribution is 2.30. The molecule has 0 bridgehead atoms. The van der Waals surface area contributed by atoms with Gasteiger partial charge < -0.3 is 15.5 Å². The second-order valence-electron chi connectivity index (χ2n) is 7.93. The zero-order valence-corrected chi connectivity index (χ0v) is 16.4. The molecule has 160 valence electrons. The molecule has 1 aliphatic heterocycles. The van der Waals surface area contributed by atoms with E-state index in [2.05, 4.69) is 10.6 Å². The van der Waals surface area contributed by atoms with Crippen molar-refractivity contribution in [1.82, 2.24) is 10.2 Å². The Morgan fingerprint density at radius 3 is 2.38 bits per heavy atom. The van der Waals surface area contributed by atoms with Gasteiger partial charge in [-0.3, -0.25) is 9.59 Å². The van der Waals surface area contributed by atoms with E-state index in [0.29, 0.717) is 25.9 Å². The average Bonchev–Trinajstić information content (AvgIpc) is 2.73. The second kappa shape index (κ2) is 9.50. The molecule has 1 aliphatic carbocycles. The van der Waals surface area contributed by atoms with E-state index in [1.54, 1.807) is 4.90 Å². The number of nitrogens with zero attached hydrogens (tertiary/aromatic N) is 1. The molecule has 1 heterocycles. The SMILES string of the molecule is O=C(NC1CCN(C(=O)CNc2cccc(C(F)(F)F)c2)CC1)C1CCCCC1. The van der Waals surface area contributed by atoms with Crippen LogP contribution in [0.5, 0.6) is 0 Å². The third-order valence-electron chi connectivity index (χ3n) is 5.80. The molecule has 0 unspecified atom stereocenters. The molecule has 1 aromatic carbocycles. The van der Waals surface area contributed by atoms with Gasteiger partial charge in [-0.05, 0) is 43.9 Å². The first kappa shape index (κ1) is 21.5. The second-order valence-corrected chi connectivity index (χ2v) is 7.93. The Hall–Kier alpha value is -2.25. The molecule has 0 spiro atoms. The minimum Gasteiger partial charge on any atom is -0.376 e. The van der Waals surface area contributed by atoms with Crippen LogP contribution >= 0.6 is 0 Å². The van der Waals surface area contributed by atoms with Crippen LogP contribution in [0.3, 0.4) is 0 Å². The van der Waals surface area contributed by atoms with Crippen LogP contribution in [0.15, 0.2) is 24.3 Å². The number of carbonyl (C=O) groups excluding carboxylic acids is 2. The van der Waals surface area contributed by atoms with Crippen LogP contribution in [0.2, 0.25) is 0 Å². The molecule has 1 saturated heterocycles. The lowest BCUT2D eigenvalue weighted by molar-refractivity contribution is -0.137. The number of hydrogen-bond acceptors (Lipinski definition) is 3. The highest BCUT2D eigenvalue weighted by atomic mass is 19.4. The van der Waals surface area contributed by atoms with Gasteiger partial charge >= 0.3 is 6.18 Å². The van der Waals surface area contributed by atoms with Crippen molar-refractivity contribution in [1.29, 1.82) is 0 Å². The molecule has 2 aliphatic rings. The summed E-state index contributed by atoms with van der Waals surface area (Å²) in [6, 6.07) is 4.91. The number of piperidine rings is 1. The molecular formula is C21H28F3N3O2. The lowest BCUT2D eigenvalue weighted by atomic mass is 9.88. The number of benzene rings is 1. The molecule has 2 fully saturated rings. The number of nitrogens with one attached hydrogen (secondary N) is 2. The van der Waals surface area contributed by atoms with Gasteiger partial charge in [0.05, 0.1) is 12.1 Å². The Labute approximate surface area is 169 Å². The van der Waals surface area contributed by atoms with Crippen molar-refractivity contribution in [2.45, 2.75) is 57.2 Å². The number of halogens is 3. The molecule has 1 aromatic rings. The van der Waals surface area contributed by atoms with Crippen molar-refractivity contribution >= 4 is 17.5 Å². The first-order valence-electron chi connectivity index (χ1n) is 10.3. The number of alkyl halides is 3. The van der Waals surface area contributed by atoms with E-state index >= 15 is 0 Å². The van der Waals surface area contributed by atoms with Crippen LogP contribution in [0.1, 0.15) is 50.5 Å². The van der Waals surface area contributed by atoms with Gasteiger partial charge in [0.1, 0.15) is 0 Å². The Morgan fingerprint density at radius 1 is 1.03 bits per heavy atom. The van der Waals surface area contributed by atoms with E-state index in [4.69, 9.17) is 0 Å². The summed E-state index contributed by atoms with van der Waals surface area (Å²) in [5.41, 5.74) is -0.479. The van der Waals surface area contributed by atoms with Crippen LogP contribution in [-0.4, -0.2) is 42.4 Å². The van der Waals surface area contributed by atoms with Gasteiger partial charge in [-0.2, -0.15) is 13.2 Å². The van der Waals surface area contributed by atoms with Crippen LogP contribution in [0.25, 0.3) is 0 Å². The third kappa shape index (κ3) is 6.11. The van der Waals surface area contributed by atoms with Gasteiger partial charge in [-0.1, -0.05) is 25.3 Å². The highest BCUT2D eigenvalue weighted by molar-refractivity contribution is 5.81. The lowest BCUT2D eigenvalue weighted by Crippen LogP contribution is -2.49. The van der Waals surface area contributed by atoms with E-state index in [-0.39, 0.29) is 36.0 Å². The number of anilines is 1. The van der Waals surface area contributed by atoms with E-state index in [1.807, 2.05) is 0 Å². The predicted molar refractivity (Wildman–Crippen MR) is 104 cm³/mol. The Balaban J connectivity index is 1.41. The fourth-order valence-corrected chi connectivity index (χ4v) is 4.05. The molecule has 0 radical (unpaired) electrons. The van der Waals surface area contributed by atoms with Crippen molar-refractivity contribution in [3.63, 3.8) is 0 Å². The van der Waals surface area contributed by atoms with Crippen molar-refractivity contribution in [2.24, 2.45) is 5.92 Å². The van der Waals surface area contributed by atoms with E-state index in [9.17, 15) is 22.8 Å². The molecule has 1 saturated carbocycles. The topological polar surface area (TPSA) is 61.4 Å². The fraction of sp³-hybridized carbons (Fsp3) is 0.619. The van der Waals surface area contributed by atoms with E-state index in [1.165, 1.54) is 18.6 Å². The van der Waals surface area contributed by atoms with Crippen LogP contribution in [-0.2, 0) is 15.8 Å². The summed E-state index contributed by atoms with van der Waals surface area (Å²) < 4.78 is 38.3. The van der Waals surface area contributed by atoms with Crippen molar-refractivity contribution in [3.8, 4) is 0 Å². The summed E-state index contributed by atoms with van der Waals surface area (Å²) in [7, 11) is 0. The first-order valence-corrected chi connectivity index (χ1v) is 10.3. The minimum absolute atomic E-state index is 0.0551. The summed E-state index contributed by atoms with van der Waals surface area (Å²) in [6.45, 7) is 1.03. The summed E-state index contributed by atoms with van der Waals surface area (Å²) in [5.74, 6) is 0.111. The highest BCUT2D eigenvalue weighted by Gasteiger charge is 2.30. The normalized spacial score (nSPS) is 19.1. The van der Waals surface area contributed by atoms with Gasteiger partial charge in [0.15, 0.2) is 0 Å². The summed E-state index contributed by atoms with van der Waals surface area (Å²) >= 11 is 0. The maximum Gasteiger partial charge on any atom is 0.416 e. The molecule has 2 amide bonds. The number of likely N-dealkylation sites (tertiary alicyclic amines) is 1. The maximum absolute atomic E-state index is 12.8. The van der Waals surface area contributed by atoms with Gasteiger partial charge in [0.25, 0.3) is 0 Å². The van der Waals surface area contributed by atoms with Crippen LogP contribution < -0.4 is 10.6 Å². The zero-order chi connectivity index (χ0) is 20.9. The average molecular weight is 411 g/mol. The molecule has 3 rings (SSSR count). The maximum atomic E-state index is 12.8. The quantitative estimate of drug-likeness (QED) is 0.775. The van der Waals surface area contributed by atoms with E-state index in [0.717, 1.165) is 37.8 Å². The van der Waals surface area contributed by atoms with Gasteiger partial charge in [-0.25, -0.2) is 0 Å². The van der Waals surface area contributed by atoms with Crippen molar-refractivity contribution in [3.05, 3.63) is 29.8 Å². The van der Waals surface area contributed by atoms with Gasteiger partial charge in [0.2, 0.25) is 11.8 Å². The number of hydrogen-bond donors (Lipinski definition) is 2. The number of amides is 2. The van der Waals surface area contributed by atoms with Gasteiger partial charge in [0, 0.05) is 30.7 Å². The van der Waals surface area contributed by atoms with Crippen LogP contribution in [0.4, 0.5) is 18.9 Å².